The summed E-state index contributed by atoms with van der Waals surface area (Å²) in [6, 6.07) is 15.2. The van der Waals surface area contributed by atoms with Gasteiger partial charge < -0.3 is 19.9 Å². The Morgan fingerprint density at radius 2 is 1.88 bits per heavy atom. The minimum Gasteiger partial charge on any atom is -0.378 e. The van der Waals surface area contributed by atoms with Gasteiger partial charge in [0.15, 0.2) is 0 Å². The van der Waals surface area contributed by atoms with E-state index >= 15 is 0 Å². The van der Waals surface area contributed by atoms with Crippen LogP contribution in [0.5, 0.6) is 0 Å². The standard InChI is InChI=1S/C21H24FN3O/c1-14-12-25(13-15(2)26-14)21-6-4-3-5-19(21)23-11-18-9-16-7-8-17(22)10-20(16)24-18/h3-10,14-15,23-24H,11-13H2,1-2H3/t14-,15+. The van der Waals surface area contributed by atoms with Crippen LogP contribution in [0.3, 0.4) is 0 Å². The minimum absolute atomic E-state index is 0.218. The Hall–Kier alpha value is -2.53. The van der Waals surface area contributed by atoms with Crippen LogP contribution >= 0.6 is 0 Å². The molecular weight excluding hydrogens is 329 g/mol. The Balaban J connectivity index is 1.52. The van der Waals surface area contributed by atoms with Crippen molar-refractivity contribution < 1.29 is 9.13 Å². The monoisotopic (exact) mass is 353 g/mol. The second-order valence-corrected chi connectivity index (χ2v) is 7.06. The largest absolute Gasteiger partial charge is 0.378 e. The first-order valence-electron chi connectivity index (χ1n) is 9.09. The molecule has 0 bridgehead atoms. The van der Waals surface area contributed by atoms with Crippen LogP contribution in [0.15, 0.2) is 48.5 Å². The van der Waals surface area contributed by atoms with Gasteiger partial charge in [-0.3, -0.25) is 0 Å². The van der Waals surface area contributed by atoms with Crippen LogP contribution in [0, 0.1) is 5.82 Å². The third-order valence-corrected chi connectivity index (χ3v) is 4.77. The average molecular weight is 353 g/mol. The molecule has 2 heterocycles. The average Bonchev–Trinajstić information content (AvgIpc) is 3.01. The molecule has 0 saturated carbocycles. The van der Waals surface area contributed by atoms with Crippen molar-refractivity contribution in [1.29, 1.82) is 0 Å². The molecule has 2 aromatic carbocycles. The van der Waals surface area contributed by atoms with Gasteiger partial charge in [0, 0.05) is 24.3 Å². The number of aromatic nitrogens is 1. The molecule has 1 aliphatic heterocycles. The first kappa shape index (κ1) is 16.9. The maximum atomic E-state index is 13.4. The number of nitrogens with one attached hydrogen (secondary N) is 2. The number of rotatable bonds is 4. The number of fused-ring (bicyclic) bond motifs is 1. The quantitative estimate of drug-likeness (QED) is 0.724. The van der Waals surface area contributed by atoms with Crippen LogP contribution in [-0.2, 0) is 11.3 Å². The predicted octanol–water partition coefficient (Wildman–Crippen LogP) is 4.53. The lowest BCUT2D eigenvalue weighted by atomic mass is 10.1. The van der Waals surface area contributed by atoms with Crippen molar-refractivity contribution in [2.45, 2.75) is 32.6 Å². The molecule has 0 radical (unpaired) electrons. The van der Waals surface area contributed by atoms with Crippen molar-refractivity contribution in [3.63, 3.8) is 0 Å². The Morgan fingerprint density at radius 3 is 2.69 bits per heavy atom. The normalized spacial score (nSPS) is 20.5. The molecule has 1 aromatic heterocycles. The molecule has 2 N–H and O–H groups in total. The summed E-state index contributed by atoms with van der Waals surface area (Å²) in [6.07, 6.45) is 0.436. The van der Waals surface area contributed by atoms with Crippen LogP contribution in [0.1, 0.15) is 19.5 Å². The molecule has 1 fully saturated rings. The number of H-pyrrole nitrogens is 1. The van der Waals surface area contributed by atoms with E-state index in [9.17, 15) is 4.39 Å². The molecule has 136 valence electrons. The lowest BCUT2D eigenvalue weighted by molar-refractivity contribution is -0.00517. The number of halogens is 1. The van der Waals surface area contributed by atoms with E-state index in [4.69, 9.17) is 4.74 Å². The summed E-state index contributed by atoms with van der Waals surface area (Å²) in [7, 11) is 0. The highest BCUT2D eigenvalue weighted by atomic mass is 19.1. The van der Waals surface area contributed by atoms with Gasteiger partial charge in [0.1, 0.15) is 5.82 Å². The molecule has 0 spiro atoms. The third kappa shape index (κ3) is 3.53. The van der Waals surface area contributed by atoms with Crippen molar-refractivity contribution in [3.8, 4) is 0 Å². The van der Waals surface area contributed by atoms with E-state index in [0.29, 0.717) is 6.54 Å². The molecule has 4 rings (SSSR count). The number of ether oxygens (including phenoxy) is 1. The molecular formula is C21H24FN3O. The smallest absolute Gasteiger partial charge is 0.125 e. The molecule has 5 heteroatoms. The topological polar surface area (TPSA) is 40.3 Å². The van der Waals surface area contributed by atoms with Crippen molar-refractivity contribution >= 4 is 22.3 Å². The Kier molecular flexibility index (Phi) is 4.55. The summed E-state index contributed by atoms with van der Waals surface area (Å²) in [4.78, 5) is 5.66. The number of anilines is 2. The summed E-state index contributed by atoms with van der Waals surface area (Å²) in [5, 5.41) is 4.55. The maximum Gasteiger partial charge on any atom is 0.125 e. The van der Waals surface area contributed by atoms with Crippen LogP contribution < -0.4 is 10.2 Å². The molecule has 1 aliphatic rings. The SMILES string of the molecule is C[C@@H]1CN(c2ccccc2NCc2cc3ccc(F)cc3[nH]2)C[C@H](C)O1. The molecule has 26 heavy (non-hydrogen) atoms. The number of aromatic amines is 1. The first-order chi connectivity index (χ1) is 12.6. The second-order valence-electron chi connectivity index (χ2n) is 7.06. The van der Waals surface area contributed by atoms with E-state index in [-0.39, 0.29) is 18.0 Å². The lowest BCUT2D eigenvalue weighted by Gasteiger charge is -2.37. The summed E-state index contributed by atoms with van der Waals surface area (Å²) in [5.74, 6) is -0.222. The number of nitrogens with zero attached hydrogens (tertiary/aromatic N) is 1. The fourth-order valence-corrected chi connectivity index (χ4v) is 3.72. The molecule has 0 unspecified atom stereocenters. The lowest BCUT2D eigenvalue weighted by Crippen LogP contribution is -2.45. The fraction of sp³-hybridized carbons (Fsp3) is 0.333. The Labute approximate surface area is 153 Å². The fourth-order valence-electron chi connectivity index (χ4n) is 3.72. The highest BCUT2D eigenvalue weighted by Gasteiger charge is 2.23. The molecule has 2 atom stereocenters. The number of morpholine rings is 1. The van der Waals surface area contributed by atoms with Gasteiger partial charge in [0.2, 0.25) is 0 Å². The van der Waals surface area contributed by atoms with E-state index in [0.717, 1.165) is 35.4 Å². The Bertz CT molecular complexity index is 897. The van der Waals surface area contributed by atoms with Gasteiger partial charge in [0.25, 0.3) is 0 Å². The summed E-state index contributed by atoms with van der Waals surface area (Å²) >= 11 is 0. The van der Waals surface area contributed by atoms with Gasteiger partial charge in [-0.2, -0.15) is 0 Å². The summed E-state index contributed by atoms with van der Waals surface area (Å²) in [6.45, 7) is 6.65. The van der Waals surface area contributed by atoms with Crippen LogP contribution in [0.2, 0.25) is 0 Å². The predicted molar refractivity (Wildman–Crippen MR) is 104 cm³/mol. The number of benzene rings is 2. The van der Waals surface area contributed by atoms with E-state index < -0.39 is 0 Å². The summed E-state index contributed by atoms with van der Waals surface area (Å²) in [5.41, 5.74) is 4.14. The van der Waals surface area contributed by atoms with Crippen LogP contribution in [0.4, 0.5) is 15.8 Å². The number of hydrogen-bond donors (Lipinski definition) is 2. The van der Waals surface area contributed by atoms with E-state index in [2.05, 4.69) is 53.3 Å². The minimum atomic E-state index is -0.222. The van der Waals surface area contributed by atoms with Crippen molar-refractivity contribution in [2.75, 3.05) is 23.3 Å². The molecule has 1 saturated heterocycles. The van der Waals surface area contributed by atoms with Crippen molar-refractivity contribution in [1.82, 2.24) is 4.98 Å². The van der Waals surface area contributed by atoms with Gasteiger partial charge in [-0.1, -0.05) is 12.1 Å². The van der Waals surface area contributed by atoms with E-state index in [1.165, 1.54) is 17.8 Å². The highest BCUT2D eigenvalue weighted by Crippen LogP contribution is 2.29. The van der Waals surface area contributed by atoms with E-state index in [1.54, 1.807) is 6.07 Å². The zero-order valence-corrected chi connectivity index (χ0v) is 15.1. The van der Waals surface area contributed by atoms with Crippen molar-refractivity contribution in [2.24, 2.45) is 0 Å². The van der Waals surface area contributed by atoms with Crippen molar-refractivity contribution in [3.05, 3.63) is 60.0 Å². The van der Waals surface area contributed by atoms with Gasteiger partial charge >= 0.3 is 0 Å². The number of hydrogen-bond acceptors (Lipinski definition) is 3. The molecule has 3 aromatic rings. The second kappa shape index (κ2) is 7.00. The maximum absolute atomic E-state index is 13.4. The number of para-hydroxylation sites is 2. The van der Waals surface area contributed by atoms with Gasteiger partial charge in [0.05, 0.1) is 30.1 Å². The highest BCUT2D eigenvalue weighted by molar-refractivity contribution is 5.80. The third-order valence-electron chi connectivity index (χ3n) is 4.77. The van der Waals surface area contributed by atoms with Gasteiger partial charge in [-0.05, 0) is 55.6 Å². The molecule has 4 nitrogen and oxygen atoms in total. The van der Waals surface area contributed by atoms with Gasteiger partial charge in [-0.15, -0.1) is 0 Å². The zero-order chi connectivity index (χ0) is 18.1. The van der Waals surface area contributed by atoms with Crippen LogP contribution in [0.25, 0.3) is 10.9 Å². The first-order valence-corrected chi connectivity index (χ1v) is 9.09. The summed E-state index contributed by atoms with van der Waals surface area (Å²) < 4.78 is 19.2. The molecule has 0 amide bonds. The van der Waals surface area contributed by atoms with Gasteiger partial charge in [-0.25, -0.2) is 4.39 Å². The van der Waals surface area contributed by atoms with Crippen LogP contribution in [-0.4, -0.2) is 30.3 Å². The van der Waals surface area contributed by atoms with E-state index in [1.807, 2.05) is 6.07 Å². The molecule has 0 aliphatic carbocycles. The zero-order valence-electron chi connectivity index (χ0n) is 15.1. The Morgan fingerprint density at radius 1 is 1.12 bits per heavy atom.